The van der Waals surface area contributed by atoms with Crippen molar-refractivity contribution in [3.63, 3.8) is 0 Å². The van der Waals surface area contributed by atoms with Crippen LogP contribution in [0.5, 0.6) is 0 Å². The number of hydrogen-bond acceptors (Lipinski definition) is 17. The van der Waals surface area contributed by atoms with Gasteiger partial charge in [-0.3, -0.25) is 9.59 Å². The van der Waals surface area contributed by atoms with Crippen LogP contribution in [0.2, 0.25) is 0 Å². The predicted molar refractivity (Wildman–Crippen MR) is 231 cm³/mol. The van der Waals surface area contributed by atoms with Crippen molar-refractivity contribution < 1.29 is 72.3 Å². The highest BCUT2D eigenvalue weighted by Gasteiger charge is 2.52. The van der Waals surface area contributed by atoms with Crippen molar-refractivity contribution in [1.82, 2.24) is 9.80 Å². The number of cyclic esters (lactones) is 1. The van der Waals surface area contributed by atoms with Gasteiger partial charge in [-0.2, -0.15) is 0 Å². The van der Waals surface area contributed by atoms with Crippen LogP contribution in [-0.4, -0.2) is 182 Å². The highest BCUT2D eigenvalue weighted by Crippen LogP contribution is 2.38. The minimum Gasteiger partial charge on any atom is -0.462 e. The van der Waals surface area contributed by atoms with E-state index in [0.29, 0.717) is 19.3 Å². The molecule has 362 valence electrons. The number of nitrogens with zero attached hydrogens (tertiary/aromatic N) is 2. The number of hydrogen-bond donors (Lipinski definition) is 3. The van der Waals surface area contributed by atoms with E-state index >= 15 is 0 Å². The third-order valence-electron chi connectivity index (χ3n) is 12.9. The number of allylic oxidation sites excluding steroid dienone is 2. The van der Waals surface area contributed by atoms with E-state index in [4.69, 9.17) is 42.6 Å². The molecule has 0 amide bonds. The van der Waals surface area contributed by atoms with Gasteiger partial charge in [-0.25, -0.2) is 0 Å². The molecule has 0 saturated carbocycles. The fourth-order valence-corrected chi connectivity index (χ4v) is 9.44. The predicted octanol–water partition coefficient (Wildman–Crippen LogP) is 3.29. The van der Waals surface area contributed by atoms with Gasteiger partial charge in [-0.1, -0.05) is 38.2 Å². The van der Waals surface area contributed by atoms with Gasteiger partial charge in [0.05, 0.1) is 48.6 Å². The highest BCUT2D eigenvalue weighted by atomic mass is 16.7. The first-order valence-corrected chi connectivity index (χ1v) is 22.7. The molecule has 0 bridgehead atoms. The SMILES string of the molecule is CCC(=O)O[C@@H]1CC(=O)O[C@H](C)C/C=C/C=C/[C@H](O[C@H]2CC[C@H](N(C)C)[C@H](C)O2)[C@H](C)C[C@H](CC=O)[C@H](O[C@@H]2O[C@H](C)[C@@H](O[C@H]3C[C@@](C)(O)[C@@H](O)[C@H](C)O3)[C@H](N(C)C)[C@H]2O)[C@H]1OC. The summed E-state index contributed by atoms with van der Waals surface area (Å²) in [6.45, 7) is 12.4. The fourth-order valence-electron chi connectivity index (χ4n) is 9.44. The van der Waals surface area contributed by atoms with Crippen molar-refractivity contribution >= 4 is 18.2 Å². The maximum Gasteiger partial charge on any atom is 0.309 e. The lowest BCUT2D eigenvalue weighted by Crippen LogP contribution is -2.65. The maximum atomic E-state index is 13.5. The number of likely N-dealkylation sites (N-methyl/N-ethyl adjacent to an activating group) is 2. The summed E-state index contributed by atoms with van der Waals surface area (Å²) < 4.78 is 56.7. The quantitative estimate of drug-likeness (QED) is 0.180. The van der Waals surface area contributed by atoms with Gasteiger partial charge in [0.2, 0.25) is 0 Å². The molecule has 4 aliphatic rings. The molecule has 3 saturated heterocycles. The Hall–Kier alpha value is -2.39. The maximum absolute atomic E-state index is 13.5. The van der Waals surface area contributed by atoms with Crippen LogP contribution in [0.1, 0.15) is 99.8 Å². The number of ether oxygens (including phenoxy) is 9. The summed E-state index contributed by atoms with van der Waals surface area (Å²) in [6.07, 6.45) is -1.76. The average molecular weight is 899 g/mol. The molecule has 19 atom stereocenters. The zero-order valence-electron chi connectivity index (χ0n) is 39.6. The minimum absolute atomic E-state index is 0.0117. The molecule has 17 nitrogen and oxygen atoms in total. The molecule has 4 aliphatic heterocycles. The summed E-state index contributed by atoms with van der Waals surface area (Å²) in [4.78, 5) is 43.2. The molecular formula is C46H78N2O15. The summed E-state index contributed by atoms with van der Waals surface area (Å²) in [6, 6.07) is -0.510. The number of rotatable bonds is 13. The Morgan fingerprint density at radius 1 is 0.905 bits per heavy atom. The number of methoxy groups -OCH3 is 1. The molecule has 0 spiro atoms. The molecule has 17 heteroatoms. The summed E-state index contributed by atoms with van der Waals surface area (Å²) in [5, 5.41) is 33.7. The molecule has 3 fully saturated rings. The van der Waals surface area contributed by atoms with Gasteiger partial charge in [-0.15, -0.1) is 0 Å². The van der Waals surface area contributed by atoms with Crippen LogP contribution in [-0.2, 0) is 57.0 Å². The molecule has 3 N–H and O–H groups in total. The van der Waals surface area contributed by atoms with E-state index in [1.54, 1.807) is 46.7 Å². The number of carbonyl (C=O) groups is 3. The van der Waals surface area contributed by atoms with Gasteiger partial charge < -0.3 is 72.5 Å². The standard InChI is InChI=1S/C46H78N2O15/c1-13-35(50)60-34-24-36(51)56-27(3)17-15-14-16-18-33(61-37-20-19-32(47(8)9)28(4)57-37)26(2)23-31(21-22-49)42(43(34)55-12)63-45-40(52)39(48(10)11)41(29(5)59-45)62-38-25-46(7,54)44(53)30(6)58-38/h14-16,18,22,26-34,37-45,52-54H,13,17,19-21,23-25H2,1-12H3/b15-14+,18-16+/t26-,27-,28+,29-,30+,31+,32+,33+,34-,37+,38+,39-,40-,41-,42+,43+,44+,45+,46-/m1/s1. The molecule has 63 heavy (non-hydrogen) atoms. The van der Waals surface area contributed by atoms with Gasteiger partial charge in [0.1, 0.15) is 42.9 Å². The van der Waals surface area contributed by atoms with Crippen molar-refractivity contribution in [1.29, 1.82) is 0 Å². The van der Waals surface area contributed by atoms with Crippen LogP contribution in [0, 0.1) is 11.8 Å². The van der Waals surface area contributed by atoms with Crippen molar-refractivity contribution in [2.24, 2.45) is 11.8 Å². The zero-order chi connectivity index (χ0) is 46.8. The third kappa shape index (κ3) is 14.5. The van der Waals surface area contributed by atoms with E-state index in [-0.39, 0.29) is 43.7 Å². The average Bonchev–Trinajstić information content (AvgIpc) is 3.19. The van der Waals surface area contributed by atoms with E-state index < -0.39 is 109 Å². The molecule has 0 aromatic rings. The number of aldehydes is 1. The first-order chi connectivity index (χ1) is 29.7. The van der Waals surface area contributed by atoms with Crippen molar-refractivity contribution in [2.75, 3.05) is 35.3 Å². The smallest absolute Gasteiger partial charge is 0.309 e. The molecule has 4 heterocycles. The zero-order valence-corrected chi connectivity index (χ0v) is 39.6. The number of carbonyl (C=O) groups excluding carboxylic acids is 3. The normalized spacial score (nSPS) is 43.5. The Bertz CT molecular complexity index is 1490. The van der Waals surface area contributed by atoms with Crippen molar-refractivity contribution in [3.05, 3.63) is 24.3 Å². The summed E-state index contributed by atoms with van der Waals surface area (Å²) >= 11 is 0. The first-order valence-electron chi connectivity index (χ1n) is 22.7. The van der Waals surface area contributed by atoms with Crippen LogP contribution in [0.15, 0.2) is 24.3 Å². The van der Waals surface area contributed by atoms with Gasteiger partial charge in [0.15, 0.2) is 18.9 Å². The Morgan fingerprint density at radius 3 is 2.21 bits per heavy atom. The van der Waals surface area contributed by atoms with Crippen molar-refractivity contribution in [3.8, 4) is 0 Å². The van der Waals surface area contributed by atoms with E-state index in [9.17, 15) is 29.7 Å². The van der Waals surface area contributed by atoms with Crippen LogP contribution >= 0.6 is 0 Å². The Morgan fingerprint density at radius 2 is 1.60 bits per heavy atom. The molecule has 0 aromatic carbocycles. The minimum atomic E-state index is -1.49. The van der Waals surface area contributed by atoms with Crippen LogP contribution < -0.4 is 0 Å². The van der Waals surface area contributed by atoms with Gasteiger partial charge >= 0.3 is 11.9 Å². The van der Waals surface area contributed by atoms with E-state index in [1.165, 1.54) is 14.0 Å². The lowest BCUT2D eigenvalue weighted by Gasteiger charge is -2.50. The highest BCUT2D eigenvalue weighted by molar-refractivity contribution is 5.72. The van der Waals surface area contributed by atoms with Crippen LogP contribution in [0.4, 0.5) is 0 Å². The second-order valence-corrected chi connectivity index (χ2v) is 18.6. The lowest BCUT2D eigenvalue weighted by atomic mass is 9.82. The molecule has 0 unspecified atom stereocenters. The van der Waals surface area contributed by atoms with E-state index in [2.05, 4.69) is 4.90 Å². The molecule has 0 radical (unpaired) electrons. The van der Waals surface area contributed by atoms with Crippen LogP contribution in [0.3, 0.4) is 0 Å². The number of aliphatic hydroxyl groups excluding tert-OH is 2. The summed E-state index contributed by atoms with van der Waals surface area (Å²) in [7, 11) is 9.04. The first kappa shape index (κ1) is 53.2. The van der Waals surface area contributed by atoms with E-state index in [1.807, 2.05) is 52.2 Å². The molecule has 4 rings (SSSR count). The Kier molecular flexibility index (Phi) is 20.6. The second-order valence-electron chi connectivity index (χ2n) is 18.6. The van der Waals surface area contributed by atoms with Crippen molar-refractivity contribution in [2.45, 2.75) is 204 Å². The monoisotopic (exact) mass is 899 g/mol. The number of aliphatic hydroxyl groups is 3. The number of esters is 2. The lowest BCUT2D eigenvalue weighted by molar-refractivity contribution is -0.344. The molecule has 0 aliphatic carbocycles. The second kappa shape index (κ2) is 24.4. The Balaban J connectivity index is 1.74. The van der Waals surface area contributed by atoms with Gasteiger partial charge in [0, 0.05) is 38.8 Å². The van der Waals surface area contributed by atoms with Gasteiger partial charge in [-0.05, 0) is 93.9 Å². The van der Waals surface area contributed by atoms with Gasteiger partial charge in [0.25, 0.3) is 0 Å². The molecular weight excluding hydrogens is 821 g/mol. The largest absolute Gasteiger partial charge is 0.462 e. The topological polar surface area (TPSA) is 201 Å². The summed E-state index contributed by atoms with van der Waals surface area (Å²) in [5.74, 6) is -2.12. The summed E-state index contributed by atoms with van der Waals surface area (Å²) in [5.41, 5.74) is -1.49. The van der Waals surface area contributed by atoms with E-state index in [0.717, 1.165) is 12.7 Å². The van der Waals surface area contributed by atoms with Crippen LogP contribution in [0.25, 0.3) is 0 Å². The molecule has 0 aromatic heterocycles. The fraction of sp³-hybridized carbons (Fsp3) is 0.848. The Labute approximate surface area is 374 Å². The third-order valence-corrected chi connectivity index (χ3v) is 12.9.